The second kappa shape index (κ2) is 4.57. The molecule has 3 rings (SSSR count). The number of aryl methyl sites for hydroxylation is 1. The van der Waals surface area contributed by atoms with Crippen LogP contribution in [-0.2, 0) is 5.60 Å². The Kier molecular flexibility index (Phi) is 3.14. The van der Waals surface area contributed by atoms with Crippen molar-refractivity contribution < 1.29 is 9.50 Å². The average Bonchev–Trinajstić information content (AvgIpc) is 2.31. The van der Waals surface area contributed by atoms with Crippen molar-refractivity contribution in [3.05, 3.63) is 35.1 Å². The Morgan fingerprint density at radius 1 is 1.26 bits per heavy atom. The molecule has 104 valence electrons. The normalized spacial score (nSPS) is 35.4. The summed E-state index contributed by atoms with van der Waals surface area (Å²) in [4.78, 5) is 2.38. The summed E-state index contributed by atoms with van der Waals surface area (Å²) in [7, 11) is 2.14. The molecule has 2 fully saturated rings. The van der Waals surface area contributed by atoms with Crippen molar-refractivity contribution in [3.63, 3.8) is 0 Å². The monoisotopic (exact) mass is 263 g/mol. The van der Waals surface area contributed by atoms with E-state index < -0.39 is 5.60 Å². The van der Waals surface area contributed by atoms with Gasteiger partial charge in [-0.2, -0.15) is 0 Å². The zero-order chi connectivity index (χ0) is 13.6. The SMILES string of the molecule is Cc1cccc(F)c1C1(O)CC2CCCC(C1)N2C. The largest absolute Gasteiger partial charge is 0.385 e. The van der Waals surface area contributed by atoms with E-state index >= 15 is 0 Å². The Hall–Kier alpha value is -0.930. The van der Waals surface area contributed by atoms with Crippen molar-refractivity contribution in [2.45, 2.75) is 56.7 Å². The van der Waals surface area contributed by atoms with E-state index in [0.717, 1.165) is 18.4 Å². The van der Waals surface area contributed by atoms with E-state index in [-0.39, 0.29) is 5.82 Å². The van der Waals surface area contributed by atoms with E-state index in [2.05, 4.69) is 11.9 Å². The zero-order valence-electron chi connectivity index (χ0n) is 11.7. The molecule has 0 aliphatic carbocycles. The van der Waals surface area contributed by atoms with Gasteiger partial charge in [-0.15, -0.1) is 0 Å². The van der Waals surface area contributed by atoms with Gasteiger partial charge in [-0.1, -0.05) is 18.6 Å². The van der Waals surface area contributed by atoms with Crippen LogP contribution in [0.2, 0.25) is 0 Å². The number of nitrogens with zero attached hydrogens (tertiary/aromatic N) is 1. The molecule has 1 aromatic carbocycles. The molecule has 1 N–H and O–H groups in total. The van der Waals surface area contributed by atoms with E-state index in [9.17, 15) is 9.50 Å². The lowest BCUT2D eigenvalue weighted by Gasteiger charge is -2.51. The van der Waals surface area contributed by atoms with Gasteiger partial charge < -0.3 is 10.0 Å². The van der Waals surface area contributed by atoms with Crippen molar-refractivity contribution in [2.75, 3.05) is 7.05 Å². The average molecular weight is 263 g/mol. The minimum atomic E-state index is -0.988. The molecule has 2 heterocycles. The standard InChI is InChI=1S/C16H22FNO/c1-11-5-3-8-14(17)15(11)16(19)9-12-6-4-7-13(10-16)18(12)2/h3,5,8,12-13,19H,4,6-7,9-10H2,1-2H3. The quantitative estimate of drug-likeness (QED) is 0.842. The van der Waals surface area contributed by atoms with E-state index in [1.54, 1.807) is 6.07 Å². The summed E-state index contributed by atoms with van der Waals surface area (Å²) >= 11 is 0. The highest BCUT2D eigenvalue weighted by Crippen LogP contribution is 2.45. The lowest BCUT2D eigenvalue weighted by Crippen LogP contribution is -2.55. The van der Waals surface area contributed by atoms with Crippen molar-refractivity contribution in [1.29, 1.82) is 0 Å². The number of hydrogen-bond acceptors (Lipinski definition) is 2. The number of fused-ring (bicyclic) bond motifs is 2. The first-order chi connectivity index (χ1) is 9.01. The van der Waals surface area contributed by atoms with Gasteiger partial charge >= 0.3 is 0 Å². The molecule has 0 amide bonds. The predicted molar refractivity (Wildman–Crippen MR) is 73.5 cm³/mol. The Morgan fingerprint density at radius 2 is 1.89 bits per heavy atom. The second-order valence-electron chi connectivity index (χ2n) is 6.28. The molecule has 2 aliphatic rings. The maximum Gasteiger partial charge on any atom is 0.129 e. The fraction of sp³-hybridized carbons (Fsp3) is 0.625. The molecule has 2 aliphatic heterocycles. The van der Waals surface area contributed by atoms with Gasteiger partial charge in [0, 0.05) is 17.6 Å². The first kappa shape index (κ1) is 13.1. The first-order valence-corrected chi connectivity index (χ1v) is 7.21. The van der Waals surface area contributed by atoms with E-state index in [1.807, 2.05) is 13.0 Å². The Bertz CT molecular complexity index is 453. The van der Waals surface area contributed by atoms with Gasteiger partial charge in [-0.3, -0.25) is 0 Å². The Labute approximate surface area is 114 Å². The van der Waals surface area contributed by atoms with Gasteiger partial charge in [0.25, 0.3) is 0 Å². The third kappa shape index (κ3) is 2.09. The van der Waals surface area contributed by atoms with Crippen molar-refractivity contribution in [3.8, 4) is 0 Å². The van der Waals surface area contributed by atoms with E-state index in [0.29, 0.717) is 30.5 Å². The number of rotatable bonds is 1. The third-order valence-corrected chi connectivity index (χ3v) is 5.06. The second-order valence-corrected chi connectivity index (χ2v) is 6.28. The molecule has 2 bridgehead atoms. The van der Waals surface area contributed by atoms with Gasteiger partial charge in [0.15, 0.2) is 0 Å². The van der Waals surface area contributed by atoms with Gasteiger partial charge in [-0.05, 0) is 51.3 Å². The van der Waals surface area contributed by atoms with Gasteiger partial charge in [-0.25, -0.2) is 4.39 Å². The number of hydrogen-bond donors (Lipinski definition) is 1. The molecule has 0 saturated carbocycles. The number of halogens is 1. The van der Waals surface area contributed by atoms with Crippen LogP contribution in [-0.4, -0.2) is 29.1 Å². The van der Waals surface area contributed by atoms with Crippen molar-refractivity contribution in [2.24, 2.45) is 0 Å². The van der Waals surface area contributed by atoms with Crippen LogP contribution >= 0.6 is 0 Å². The van der Waals surface area contributed by atoms with Crippen LogP contribution in [0, 0.1) is 12.7 Å². The topological polar surface area (TPSA) is 23.5 Å². The molecule has 19 heavy (non-hydrogen) atoms. The molecule has 0 aromatic heterocycles. The van der Waals surface area contributed by atoms with Crippen LogP contribution in [0.15, 0.2) is 18.2 Å². The van der Waals surface area contributed by atoms with Crippen molar-refractivity contribution >= 4 is 0 Å². The van der Waals surface area contributed by atoms with Gasteiger partial charge in [0.05, 0.1) is 5.60 Å². The molecule has 3 heteroatoms. The highest BCUT2D eigenvalue weighted by molar-refractivity contribution is 5.34. The summed E-state index contributed by atoms with van der Waals surface area (Å²) in [6.45, 7) is 1.89. The molecule has 2 unspecified atom stereocenters. The zero-order valence-corrected chi connectivity index (χ0v) is 11.7. The van der Waals surface area contributed by atoms with Crippen LogP contribution in [0.25, 0.3) is 0 Å². The molecule has 2 saturated heterocycles. The minimum absolute atomic E-state index is 0.259. The van der Waals surface area contributed by atoms with E-state index in [4.69, 9.17) is 0 Å². The molecule has 2 nitrogen and oxygen atoms in total. The maximum absolute atomic E-state index is 14.2. The number of aliphatic hydroxyl groups is 1. The molecule has 1 aromatic rings. The summed E-state index contributed by atoms with van der Waals surface area (Å²) in [6, 6.07) is 5.85. The smallest absolute Gasteiger partial charge is 0.129 e. The summed E-state index contributed by atoms with van der Waals surface area (Å²) in [5.41, 5.74) is 0.405. The van der Waals surface area contributed by atoms with Crippen molar-refractivity contribution in [1.82, 2.24) is 4.90 Å². The number of benzene rings is 1. The lowest BCUT2D eigenvalue weighted by atomic mass is 9.72. The van der Waals surface area contributed by atoms with Crippen LogP contribution in [0.4, 0.5) is 4.39 Å². The molecule has 2 atom stereocenters. The fourth-order valence-corrected chi connectivity index (χ4v) is 4.07. The van der Waals surface area contributed by atoms with Gasteiger partial charge in [0.1, 0.15) is 5.82 Å². The minimum Gasteiger partial charge on any atom is -0.385 e. The Morgan fingerprint density at radius 3 is 2.47 bits per heavy atom. The summed E-state index contributed by atoms with van der Waals surface area (Å²) in [5.74, 6) is -0.259. The van der Waals surface area contributed by atoms with Crippen LogP contribution in [0.3, 0.4) is 0 Å². The van der Waals surface area contributed by atoms with Crippen LogP contribution in [0.1, 0.15) is 43.2 Å². The summed E-state index contributed by atoms with van der Waals surface area (Å²) in [6.07, 6.45) is 4.77. The maximum atomic E-state index is 14.2. The summed E-state index contributed by atoms with van der Waals surface area (Å²) < 4.78 is 14.2. The highest BCUT2D eigenvalue weighted by atomic mass is 19.1. The molecular formula is C16H22FNO. The highest BCUT2D eigenvalue weighted by Gasteiger charge is 2.46. The number of piperidine rings is 2. The Balaban J connectivity index is 2.00. The first-order valence-electron chi connectivity index (χ1n) is 7.21. The molecular weight excluding hydrogens is 241 g/mol. The molecule has 0 spiro atoms. The fourth-order valence-electron chi connectivity index (χ4n) is 4.07. The van der Waals surface area contributed by atoms with Crippen LogP contribution < -0.4 is 0 Å². The summed E-state index contributed by atoms with van der Waals surface area (Å²) in [5, 5.41) is 11.1. The predicted octanol–water partition coefficient (Wildman–Crippen LogP) is 2.97. The molecule has 0 radical (unpaired) electrons. The lowest BCUT2D eigenvalue weighted by molar-refractivity contribution is -0.0894. The van der Waals surface area contributed by atoms with Gasteiger partial charge in [0.2, 0.25) is 0 Å². The van der Waals surface area contributed by atoms with Crippen LogP contribution in [0.5, 0.6) is 0 Å². The third-order valence-electron chi connectivity index (χ3n) is 5.06. The van der Waals surface area contributed by atoms with E-state index in [1.165, 1.54) is 12.5 Å².